The van der Waals surface area contributed by atoms with E-state index < -0.39 is 0 Å². The van der Waals surface area contributed by atoms with Crippen LogP contribution in [-0.4, -0.2) is 30.1 Å². The summed E-state index contributed by atoms with van der Waals surface area (Å²) in [6.07, 6.45) is 4.26. The smallest absolute Gasteiger partial charge is 0.260 e. The number of anilines is 2. The summed E-state index contributed by atoms with van der Waals surface area (Å²) in [6, 6.07) is 7.07. The zero-order valence-electron chi connectivity index (χ0n) is 15.7. The third-order valence-electron chi connectivity index (χ3n) is 5.07. The second-order valence-corrected chi connectivity index (χ2v) is 7.16. The van der Waals surface area contributed by atoms with Crippen molar-refractivity contribution in [2.75, 3.05) is 23.7 Å². The molecule has 2 aromatic rings. The summed E-state index contributed by atoms with van der Waals surface area (Å²) in [4.78, 5) is 24.4. The Hall–Kier alpha value is -2.67. The van der Waals surface area contributed by atoms with Gasteiger partial charge in [-0.15, -0.1) is 0 Å². The molecular formula is C20H26N4O3. The average molecular weight is 370 g/mol. The number of carbonyl (C=O) groups is 2. The molecule has 7 nitrogen and oxygen atoms in total. The van der Waals surface area contributed by atoms with Gasteiger partial charge in [-0.25, -0.2) is 0 Å². The van der Waals surface area contributed by atoms with E-state index in [1.807, 2.05) is 0 Å². The third kappa shape index (κ3) is 5.17. The van der Waals surface area contributed by atoms with Crippen molar-refractivity contribution in [1.82, 2.24) is 10.5 Å². The summed E-state index contributed by atoms with van der Waals surface area (Å²) in [7, 11) is 0. The Balaban J connectivity index is 1.50. The Labute approximate surface area is 158 Å². The van der Waals surface area contributed by atoms with Crippen molar-refractivity contribution >= 4 is 23.2 Å². The number of aryl methyl sites for hydroxylation is 1. The molecule has 1 aliphatic rings. The molecular weight excluding hydrogens is 344 g/mol. The number of rotatable bonds is 6. The lowest BCUT2D eigenvalue weighted by Gasteiger charge is -2.28. The number of amides is 2. The first-order valence-electron chi connectivity index (χ1n) is 9.36. The van der Waals surface area contributed by atoms with Crippen molar-refractivity contribution in [3.8, 4) is 0 Å². The van der Waals surface area contributed by atoms with E-state index in [-0.39, 0.29) is 11.8 Å². The lowest BCUT2D eigenvalue weighted by atomic mass is 9.85. The minimum absolute atomic E-state index is 0.0185. The van der Waals surface area contributed by atoms with Crippen molar-refractivity contribution in [3.05, 3.63) is 41.8 Å². The molecule has 0 bridgehead atoms. The van der Waals surface area contributed by atoms with Crippen LogP contribution in [0.5, 0.6) is 0 Å². The van der Waals surface area contributed by atoms with Gasteiger partial charge in [-0.1, -0.05) is 12.1 Å². The summed E-state index contributed by atoms with van der Waals surface area (Å²) in [5.74, 6) is 1.12. The minimum atomic E-state index is -0.277. The van der Waals surface area contributed by atoms with Crippen LogP contribution in [-0.2, 0) is 4.79 Å². The molecule has 7 heteroatoms. The predicted molar refractivity (Wildman–Crippen MR) is 104 cm³/mol. The molecule has 2 heterocycles. The quantitative estimate of drug-likeness (QED) is 0.726. The molecule has 2 amide bonds. The predicted octanol–water partition coefficient (Wildman–Crippen LogP) is 3.20. The topological polar surface area (TPSA) is 96.3 Å². The Morgan fingerprint density at radius 1 is 1.26 bits per heavy atom. The molecule has 1 aliphatic heterocycles. The van der Waals surface area contributed by atoms with Crippen LogP contribution in [0.15, 0.2) is 35.0 Å². The van der Waals surface area contributed by atoms with Gasteiger partial charge in [0.25, 0.3) is 5.91 Å². The fraction of sp³-hybridized carbons (Fsp3) is 0.450. The van der Waals surface area contributed by atoms with Crippen LogP contribution in [0.1, 0.15) is 42.3 Å². The lowest BCUT2D eigenvalue weighted by Crippen LogP contribution is -2.34. The largest absolute Gasteiger partial charge is 0.361 e. The van der Waals surface area contributed by atoms with E-state index in [4.69, 9.17) is 4.52 Å². The van der Waals surface area contributed by atoms with E-state index in [0.717, 1.165) is 13.1 Å². The molecule has 1 fully saturated rings. The number of carbonyl (C=O) groups excluding carboxylic acids is 2. The van der Waals surface area contributed by atoms with Crippen LogP contribution in [0.3, 0.4) is 0 Å². The highest BCUT2D eigenvalue weighted by atomic mass is 16.5. The molecule has 1 aromatic carbocycles. The molecule has 0 saturated carbocycles. The molecule has 1 saturated heterocycles. The van der Waals surface area contributed by atoms with Gasteiger partial charge >= 0.3 is 0 Å². The van der Waals surface area contributed by atoms with E-state index >= 15 is 0 Å². The van der Waals surface area contributed by atoms with Crippen LogP contribution in [0.4, 0.5) is 11.4 Å². The van der Waals surface area contributed by atoms with E-state index in [1.54, 1.807) is 31.2 Å². The second kappa shape index (κ2) is 8.81. The van der Waals surface area contributed by atoms with Gasteiger partial charge in [0, 0.05) is 17.8 Å². The SMILES string of the molecule is Cc1oncc1C(=O)Nc1ccc(NC(=O)CC(C)C2CCCNC2)cc1. The van der Waals surface area contributed by atoms with Crippen molar-refractivity contribution in [2.45, 2.75) is 33.1 Å². The highest BCUT2D eigenvalue weighted by Crippen LogP contribution is 2.23. The van der Waals surface area contributed by atoms with E-state index in [0.29, 0.717) is 41.0 Å². The van der Waals surface area contributed by atoms with E-state index in [2.05, 4.69) is 28.0 Å². The van der Waals surface area contributed by atoms with E-state index in [1.165, 1.54) is 19.0 Å². The van der Waals surface area contributed by atoms with Gasteiger partial charge in [0.2, 0.25) is 5.91 Å². The average Bonchev–Trinajstić information content (AvgIpc) is 3.10. The van der Waals surface area contributed by atoms with Gasteiger partial charge in [-0.05, 0) is 69.0 Å². The Bertz CT molecular complexity index is 779. The molecule has 0 aliphatic carbocycles. The summed E-state index contributed by atoms with van der Waals surface area (Å²) in [6.45, 7) is 5.90. The molecule has 2 atom stereocenters. The Morgan fingerprint density at radius 2 is 1.96 bits per heavy atom. The number of nitrogens with one attached hydrogen (secondary N) is 3. The fourth-order valence-electron chi connectivity index (χ4n) is 3.39. The Morgan fingerprint density at radius 3 is 2.56 bits per heavy atom. The maximum atomic E-state index is 12.3. The minimum Gasteiger partial charge on any atom is -0.361 e. The summed E-state index contributed by atoms with van der Waals surface area (Å²) >= 11 is 0. The number of hydrogen-bond acceptors (Lipinski definition) is 5. The third-order valence-corrected chi connectivity index (χ3v) is 5.07. The molecule has 3 rings (SSSR count). The standard InChI is InChI=1S/C20H26N4O3/c1-13(15-4-3-9-21-11-15)10-19(25)23-16-5-7-17(8-6-16)24-20(26)18-12-22-27-14(18)2/h5-8,12-13,15,21H,3-4,9-11H2,1-2H3,(H,23,25)(H,24,26). The van der Waals surface area contributed by atoms with Crippen LogP contribution in [0, 0.1) is 18.8 Å². The van der Waals surface area contributed by atoms with Crippen LogP contribution in [0.2, 0.25) is 0 Å². The van der Waals surface area contributed by atoms with Crippen LogP contribution in [0.25, 0.3) is 0 Å². The first-order valence-corrected chi connectivity index (χ1v) is 9.36. The zero-order valence-corrected chi connectivity index (χ0v) is 15.7. The van der Waals surface area contributed by atoms with Crippen molar-refractivity contribution in [1.29, 1.82) is 0 Å². The highest BCUT2D eigenvalue weighted by Gasteiger charge is 2.22. The number of benzene rings is 1. The molecule has 144 valence electrons. The summed E-state index contributed by atoms with van der Waals surface area (Å²) in [5.41, 5.74) is 1.76. The summed E-state index contributed by atoms with van der Waals surface area (Å²) in [5, 5.41) is 12.7. The van der Waals surface area contributed by atoms with Gasteiger partial charge < -0.3 is 20.5 Å². The van der Waals surface area contributed by atoms with Crippen molar-refractivity contribution in [3.63, 3.8) is 0 Å². The first kappa shape index (κ1) is 19.1. The molecule has 27 heavy (non-hydrogen) atoms. The summed E-state index contributed by atoms with van der Waals surface area (Å²) < 4.78 is 4.90. The molecule has 0 radical (unpaired) electrons. The molecule has 0 spiro atoms. The van der Waals surface area contributed by atoms with Crippen molar-refractivity contribution in [2.24, 2.45) is 11.8 Å². The number of nitrogens with zero attached hydrogens (tertiary/aromatic N) is 1. The second-order valence-electron chi connectivity index (χ2n) is 7.16. The normalized spacial score (nSPS) is 17.9. The zero-order chi connectivity index (χ0) is 19.2. The van der Waals surface area contributed by atoms with Gasteiger partial charge in [0.15, 0.2) is 0 Å². The van der Waals surface area contributed by atoms with Gasteiger partial charge in [0.05, 0.1) is 6.20 Å². The lowest BCUT2D eigenvalue weighted by molar-refractivity contribution is -0.117. The first-order chi connectivity index (χ1) is 13.0. The molecule has 1 aromatic heterocycles. The maximum Gasteiger partial charge on any atom is 0.260 e. The van der Waals surface area contributed by atoms with Crippen LogP contribution < -0.4 is 16.0 Å². The Kier molecular flexibility index (Phi) is 6.24. The van der Waals surface area contributed by atoms with Gasteiger partial charge in [0.1, 0.15) is 11.3 Å². The fourth-order valence-corrected chi connectivity index (χ4v) is 3.39. The highest BCUT2D eigenvalue weighted by molar-refractivity contribution is 6.04. The van der Waals surface area contributed by atoms with Gasteiger partial charge in [-0.3, -0.25) is 9.59 Å². The van der Waals surface area contributed by atoms with E-state index in [9.17, 15) is 9.59 Å². The van der Waals surface area contributed by atoms with Gasteiger partial charge in [-0.2, -0.15) is 0 Å². The molecule has 2 unspecified atom stereocenters. The monoisotopic (exact) mass is 370 g/mol. The maximum absolute atomic E-state index is 12.3. The number of aromatic nitrogens is 1. The number of piperidine rings is 1. The van der Waals surface area contributed by atoms with Crippen LogP contribution >= 0.6 is 0 Å². The number of hydrogen-bond donors (Lipinski definition) is 3. The molecule has 3 N–H and O–H groups in total. The van der Waals surface area contributed by atoms with Crippen molar-refractivity contribution < 1.29 is 14.1 Å².